The van der Waals surface area contributed by atoms with Gasteiger partial charge in [-0.3, -0.25) is 0 Å². The molecule has 0 spiro atoms. The normalized spacial score (nSPS) is 12.9. The van der Waals surface area contributed by atoms with E-state index in [1.807, 2.05) is 0 Å². The Kier molecular flexibility index (Phi) is 4.15. The Bertz CT molecular complexity index is 307. The van der Waals surface area contributed by atoms with E-state index in [1.54, 1.807) is 6.07 Å². The number of rotatable bonds is 4. The Morgan fingerprint density at radius 2 is 2.07 bits per heavy atom. The minimum Gasteiger partial charge on any atom is -0.368 e. The smallest absolute Gasteiger partial charge is 0.223 e. The molecule has 1 unspecified atom stereocenters. The summed E-state index contributed by atoms with van der Waals surface area (Å²) in [7, 11) is 0. The van der Waals surface area contributed by atoms with E-state index in [-0.39, 0.29) is 5.95 Å². The van der Waals surface area contributed by atoms with Crippen LogP contribution in [0.25, 0.3) is 0 Å². The third kappa shape index (κ3) is 4.34. The highest BCUT2D eigenvalue weighted by Gasteiger charge is 2.07. The monoisotopic (exact) mass is 228 g/mol. The summed E-state index contributed by atoms with van der Waals surface area (Å²) in [6.07, 6.45) is 1.07. The van der Waals surface area contributed by atoms with Crippen molar-refractivity contribution in [2.45, 2.75) is 33.2 Å². The Labute approximate surface area is 95.3 Å². The zero-order valence-corrected chi connectivity index (χ0v) is 10.0. The standard InChI is InChI=1S/C10H17ClN4/c1-6(2)4-7(3)13-9-5-8(11)14-10(12)15-9/h5-7H,4H2,1-3H3,(H3,12,13,14,15). The van der Waals surface area contributed by atoms with Gasteiger partial charge in [0.1, 0.15) is 11.0 Å². The highest BCUT2D eigenvalue weighted by Crippen LogP contribution is 2.15. The van der Waals surface area contributed by atoms with Crippen molar-refractivity contribution in [2.24, 2.45) is 5.92 Å². The number of nitrogens with two attached hydrogens (primary N) is 1. The number of nitrogens with one attached hydrogen (secondary N) is 1. The fraction of sp³-hybridized carbons (Fsp3) is 0.600. The number of hydrogen-bond donors (Lipinski definition) is 2. The molecular weight excluding hydrogens is 212 g/mol. The molecule has 1 rings (SSSR count). The summed E-state index contributed by atoms with van der Waals surface area (Å²) < 4.78 is 0. The second-order valence-corrected chi connectivity index (χ2v) is 4.50. The van der Waals surface area contributed by atoms with Crippen LogP contribution in [-0.4, -0.2) is 16.0 Å². The average molecular weight is 229 g/mol. The van der Waals surface area contributed by atoms with Gasteiger partial charge in [-0.2, -0.15) is 4.98 Å². The molecule has 0 aromatic carbocycles. The van der Waals surface area contributed by atoms with E-state index < -0.39 is 0 Å². The van der Waals surface area contributed by atoms with Gasteiger partial charge in [-0.05, 0) is 19.3 Å². The van der Waals surface area contributed by atoms with Gasteiger partial charge >= 0.3 is 0 Å². The molecule has 3 N–H and O–H groups in total. The largest absolute Gasteiger partial charge is 0.368 e. The van der Waals surface area contributed by atoms with Gasteiger partial charge in [0.25, 0.3) is 0 Å². The van der Waals surface area contributed by atoms with Crippen molar-refractivity contribution in [3.05, 3.63) is 11.2 Å². The molecule has 0 bridgehead atoms. The predicted octanol–water partition coefficient (Wildman–Crippen LogP) is 2.56. The minimum absolute atomic E-state index is 0.196. The van der Waals surface area contributed by atoms with Gasteiger partial charge in [0, 0.05) is 12.1 Å². The predicted molar refractivity (Wildman–Crippen MR) is 64.0 cm³/mol. The van der Waals surface area contributed by atoms with Crippen molar-refractivity contribution in [3.63, 3.8) is 0 Å². The first-order valence-corrected chi connectivity index (χ1v) is 5.41. The Morgan fingerprint density at radius 1 is 1.40 bits per heavy atom. The van der Waals surface area contributed by atoms with Crippen LogP contribution >= 0.6 is 11.6 Å². The number of nitrogen functional groups attached to an aromatic ring is 1. The van der Waals surface area contributed by atoms with Gasteiger partial charge in [-0.25, -0.2) is 4.98 Å². The molecule has 0 saturated carbocycles. The van der Waals surface area contributed by atoms with E-state index in [9.17, 15) is 0 Å². The fourth-order valence-electron chi connectivity index (χ4n) is 1.53. The van der Waals surface area contributed by atoms with E-state index in [2.05, 4.69) is 36.1 Å². The van der Waals surface area contributed by atoms with E-state index >= 15 is 0 Å². The molecule has 0 saturated heterocycles. The molecule has 0 fully saturated rings. The second-order valence-electron chi connectivity index (χ2n) is 4.11. The molecule has 0 amide bonds. The summed E-state index contributed by atoms with van der Waals surface area (Å²) in [5.74, 6) is 1.52. The molecule has 15 heavy (non-hydrogen) atoms. The average Bonchev–Trinajstić information content (AvgIpc) is 1.98. The first-order valence-electron chi connectivity index (χ1n) is 5.04. The Balaban J connectivity index is 2.63. The van der Waals surface area contributed by atoms with Crippen molar-refractivity contribution in [2.75, 3.05) is 11.1 Å². The quantitative estimate of drug-likeness (QED) is 0.778. The van der Waals surface area contributed by atoms with Crippen LogP contribution in [0.5, 0.6) is 0 Å². The van der Waals surface area contributed by atoms with Crippen molar-refractivity contribution in [3.8, 4) is 0 Å². The molecule has 0 aliphatic carbocycles. The second kappa shape index (κ2) is 5.16. The van der Waals surface area contributed by atoms with E-state index in [0.29, 0.717) is 22.9 Å². The van der Waals surface area contributed by atoms with Crippen LogP contribution in [0.2, 0.25) is 5.15 Å². The molecule has 5 heteroatoms. The lowest BCUT2D eigenvalue weighted by molar-refractivity contribution is 0.539. The van der Waals surface area contributed by atoms with Crippen LogP contribution in [0.1, 0.15) is 27.2 Å². The van der Waals surface area contributed by atoms with Crippen molar-refractivity contribution >= 4 is 23.4 Å². The number of nitrogens with zero attached hydrogens (tertiary/aromatic N) is 2. The van der Waals surface area contributed by atoms with E-state index in [1.165, 1.54) is 0 Å². The summed E-state index contributed by atoms with van der Waals surface area (Å²) in [6, 6.07) is 2.02. The third-order valence-corrected chi connectivity index (χ3v) is 2.13. The SMILES string of the molecule is CC(C)CC(C)Nc1cc(Cl)nc(N)n1. The van der Waals surface area contributed by atoms with Crippen LogP contribution in [0.4, 0.5) is 11.8 Å². The summed E-state index contributed by atoms with van der Waals surface area (Å²) in [5, 5.41) is 3.60. The topological polar surface area (TPSA) is 63.8 Å². The molecule has 4 nitrogen and oxygen atoms in total. The zero-order valence-electron chi connectivity index (χ0n) is 9.29. The molecule has 1 atom stereocenters. The van der Waals surface area contributed by atoms with Crippen LogP contribution < -0.4 is 11.1 Å². The van der Waals surface area contributed by atoms with Crippen molar-refractivity contribution in [1.82, 2.24) is 9.97 Å². The van der Waals surface area contributed by atoms with Crippen molar-refractivity contribution in [1.29, 1.82) is 0 Å². The minimum atomic E-state index is 0.196. The maximum absolute atomic E-state index is 5.77. The summed E-state index contributed by atoms with van der Waals surface area (Å²) >= 11 is 5.77. The Morgan fingerprint density at radius 3 is 2.60 bits per heavy atom. The molecule has 0 radical (unpaired) electrons. The number of aromatic nitrogens is 2. The molecule has 0 aliphatic heterocycles. The Hall–Kier alpha value is -1.03. The van der Waals surface area contributed by atoms with Crippen LogP contribution in [0, 0.1) is 5.92 Å². The van der Waals surface area contributed by atoms with Crippen molar-refractivity contribution < 1.29 is 0 Å². The molecular formula is C10H17ClN4. The highest BCUT2D eigenvalue weighted by molar-refractivity contribution is 6.29. The first kappa shape index (κ1) is 12.0. The lowest BCUT2D eigenvalue weighted by Crippen LogP contribution is -2.18. The van der Waals surface area contributed by atoms with Crippen LogP contribution in [0.3, 0.4) is 0 Å². The van der Waals surface area contributed by atoms with Gasteiger partial charge in [0.2, 0.25) is 5.95 Å². The maximum Gasteiger partial charge on any atom is 0.223 e. The lowest BCUT2D eigenvalue weighted by Gasteiger charge is -2.16. The third-order valence-electron chi connectivity index (χ3n) is 1.93. The highest BCUT2D eigenvalue weighted by atomic mass is 35.5. The van der Waals surface area contributed by atoms with E-state index in [4.69, 9.17) is 17.3 Å². The zero-order chi connectivity index (χ0) is 11.4. The number of halogens is 1. The van der Waals surface area contributed by atoms with Gasteiger partial charge in [-0.15, -0.1) is 0 Å². The molecule has 1 aromatic rings. The van der Waals surface area contributed by atoms with Crippen LogP contribution in [0.15, 0.2) is 6.07 Å². The van der Waals surface area contributed by atoms with Gasteiger partial charge in [-0.1, -0.05) is 25.4 Å². The number of hydrogen-bond acceptors (Lipinski definition) is 4. The van der Waals surface area contributed by atoms with Gasteiger partial charge < -0.3 is 11.1 Å². The maximum atomic E-state index is 5.77. The van der Waals surface area contributed by atoms with Crippen LogP contribution in [-0.2, 0) is 0 Å². The molecule has 84 valence electrons. The molecule has 0 aliphatic rings. The molecule has 1 heterocycles. The summed E-state index contributed by atoms with van der Waals surface area (Å²) in [4.78, 5) is 7.85. The fourth-order valence-corrected chi connectivity index (χ4v) is 1.72. The summed E-state index contributed by atoms with van der Waals surface area (Å²) in [5.41, 5.74) is 5.49. The first-order chi connectivity index (χ1) is 6.97. The van der Waals surface area contributed by atoms with Gasteiger partial charge in [0.15, 0.2) is 0 Å². The molecule has 1 aromatic heterocycles. The van der Waals surface area contributed by atoms with Gasteiger partial charge in [0.05, 0.1) is 0 Å². The summed E-state index contributed by atoms with van der Waals surface area (Å²) in [6.45, 7) is 6.46. The van der Waals surface area contributed by atoms with E-state index in [0.717, 1.165) is 6.42 Å². The lowest BCUT2D eigenvalue weighted by atomic mass is 10.1. The number of anilines is 2.